The Morgan fingerprint density at radius 2 is 1.93 bits per heavy atom. The first-order valence-corrected chi connectivity index (χ1v) is 11.4. The van der Waals surface area contributed by atoms with E-state index in [0.29, 0.717) is 6.54 Å². The maximum Gasteiger partial charge on any atom is 0.330 e. The number of nitrogens with two attached hydrogens (primary N) is 1. The molecule has 1 saturated carbocycles. The van der Waals surface area contributed by atoms with Crippen LogP contribution in [0.25, 0.3) is 0 Å². The number of amides is 1. The molecule has 8 nitrogen and oxygen atoms in total. The minimum Gasteiger partial charge on any atom is -0.383 e. The van der Waals surface area contributed by atoms with Crippen LogP contribution in [0, 0.1) is 0 Å². The van der Waals surface area contributed by atoms with E-state index in [2.05, 4.69) is 9.88 Å². The van der Waals surface area contributed by atoms with E-state index in [0.717, 1.165) is 63.1 Å². The Balaban J connectivity index is 1.96. The molecule has 1 aliphatic heterocycles. The summed E-state index contributed by atoms with van der Waals surface area (Å²) < 4.78 is 1.40. The number of H-pyrrole nitrogens is 1. The van der Waals surface area contributed by atoms with Crippen LogP contribution in [0.1, 0.15) is 45.4 Å². The van der Waals surface area contributed by atoms with Crippen LogP contribution in [0.3, 0.4) is 0 Å². The van der Waals surface area contributed by atoms with Crippen molar-refractivity contribution in [2.75, 3.05) is 41.8 Å². The third-order valence-electron chi connectivity index (χ3n) is 5.61. The van der Waals surface area contributed by atoms with Gasteiger partial charge in [-0.2, -0.15) is 11.8 Å². The molecule has 1 saturated heterocycles. The zero-order chi connectivity index (χ0) is 20.1. The minimum atomic E-state index is -0.565. The number of thioether (sulfide) groups is 1. The van der Waals surface area contributed by atoms with Crippen molar-refractivity contribution in [3.63, 3.8) is 0 Å². The van der Waals surface area contributed by atoms with Crippen LogP contribution < -0.4 is 21.9 Å². The molecule has 3 N–H and O–H groups in total. The Kier molecular flexibility index (Phi) is 7.23. The number of nitrogens with one attached hydrogen (secondary N) is 1. The summed E-state index contributed by atoms with van der Waals surface area (Å²) in [7, 11) is 0. The highest BCUT2D eigenvalue weighted by atomic mass is 32.2. The second kappa shape index (κ2) is 9.65. The molecule has 0 bridgehead atoms. The van der Waals surface area contributed by atoms with E-state index in [4.69, 9.17) is 5.73 Å². The molecule has 2 heterocycles. The smallest absolute Gasteiger partial charge is 0.330 e. The fourth-order valence-corrected chi connectivity index (χ4v) is 5.03. The van der Waals surface area contributed by atoms with Gasteiger partial charge in [0.1, 0.15) is 5.82 Å². The molecular weight excluding hydrogens is 378 g/mol. The largest absolute Gasteiger partial charge is 0.383 e. The molecule has 0 unspecified atom stereocenters. The van der Waals surface area contributed by atoms with Crippen LogP contribution >= 0.6 is 11.8 Å². The van der Waals surface area contributed by atoms with Gasteiger partial charge in [0.2, 0.25) is 5.91 Å². The predicted molar refractivity (Wildman–Crippen MR) is 114 cm³/mol. The van der Waals surface area contributed by atoms with Crippen LogP contribution in [0.5, 0.6) is 0 Å². The zero-order valence-corrected chi connectivity index (χ0v) is 17.4. The third-order valence-corrected chi connectivity index (χ3v) is 6.55. The van der Waals surface area contributed by atoms with Gasteiger partial charge < -0.3 is 10.6 Å². The van der Waals surface area contributed by atoms with Crippen LogP contribution in [-0.2, 0) is 11.3 Å². The molecule has 0 aromatic carbocycles. The number of hydrogen-bond donors (Lipinski definition) is 2. The minimum absolute atomic E-state index is 0.0350. The number of aromatic nitrogens is 2. The van der Waals surface area contributed by atoms with E-state index in [1.165, 1.54) is 4.57 Å². The monoisotopic (exact) mass is 409 g/mol. The molecule has 1 aromatic heterocycles. The van der Waals surface area contributed by atoms with Gasteiger partial charge in [-0.05, 0) is 19.3 Å². The SMILES string of the molecule is CCCCn1c(N)c(N(C(=O)CN2CCSCC2)C2CCCC2)c(=O)[nH]c1=O. The van der Waals surface area contributed by atoms with Gasteiger partial charge in [-0.15, -0.1) is 0 Å². The molecular formula is C19H31N5O3S. The van der Waals surface area contributed by atoms with Gasteiger partial charge in [0, 0.05) is 37.2 Å². The van der Waals surface area contributed by atoms with Gasteiger partial charge in [0.15, 0.2) is 5.69 Å². The molecule has 28 heavy (non-hydrogen) atoms. The Morgan fingerprint density at radius 3 is 2.57 bits per heavy atom. The van der Waals surface area contributed by atoms with Crippen LogP contribution in [0.4, 0.5) is 11.5 Å². The second-order valence-corrected chi connectivity index (χ2v) is 8.81. The molecule has 0 atom stereocenters. The van der Waals surface area contributed by atoms with Crippen molar-refractivity contribution in [2.45, 2.75) is 58.0 Å². The summed E-state index contributed by atoms with van der Waals surface area (Å²) in [6.45, 7) is 4.48. The fraction of sp³-hybridized carbons (Fsp3) is 0.737. The molecule has 9 heteroatoms. The lowest BCUT2D eigenvalue weighted by atomic mass is 10.1. The molecule has 2 fully saturated rings. The summed E-state index contributed by atoms with van der Waals surface area (Å²) in [5, 5.41) is 0. The predicted octanol–water partition coefficient (Wildman–Crippen LogP) is 1.24. The summed E-state index contributed by atoms with van der Waals surface area (Å²) >= 11 is 1.89. The van der Waals surface area contributed by atoms with Crippen molar-refractivity contribution in [2.24, 2.45) is 0 Å². The van der Waals surface area contributed by atoms with E-state index >= 15 is 0 Å². The highest BCUT2D eigenvalue weighted by Crippen LogP contribution is 2.29. The van der Waals surface area contributed by atoms with E-state index < -0.39 is 11.2 Å². The number of carbonyl (C=O) groups excluding carboxylic acids is 1. The first-order chi connectivity index (χ1) is 13.5. The van der Waals surface area contributed by atoms with E-state index in [1.54, 1.807) is 4.90 Å². The second-order valence-electron chi connectivity index (χ2n) is 7.59. The summed E-state index contributed by atoms with van der Waals surface area (Å²) in [4.78, 5) is 44.4. The highest BCUT2D eigenvalue weighted by molar-refractivity contribution is 7.99. The zero-order valence-electron chi connectivity index (χ0n) is 16.6. The maximum absolute atomic E-state index is 13.3. The highest BCUT2D eigenvalue weighted by Gasteiger charge is 2.33. The third kappa shape index (κ3) is 4.63. The van der Waals surface area contributed by atoms with E-state index in [9.17, 15) is 14.4 Å². The fourth-order valence-electron chi connectivity index (χ4n) is 4.05. The molecule has 1 amide bonds. The average molecular weight is 410 g/mol. The van der Waals surface area contributed by atoms with Crippen LogP contribution in [0.2, 0.25) is 0 Å². The molecule has 0 radical (unpaired) electrons. The number of carbonyl (C=O) groups is 1. The number of nitrogens with zero attached hydrogens (tertiary/aromatic N) is 3. The maximum atomic E-state index is 13.3. The van der Waals surface area contributed by atoms with Gasteiger partial charge in [-0.3, -0.25) is 24.0 Å². The topological polar surface area (TPSA) is 104 Å². The van der Waals surface area contributed by atoms with Gasteiger partial charge in [-0.1, -0.05) is 26.2 Å². The number of hydrogen-bond acceptors (Lipinski definition) is 6. The van der Waals surface area contributed by atoms with Crippen LogP contribution in [0.15, 0.2) is 9.59 Å². The molecule has 3 rings (SSSR count). The molecule has 2 aliphatic rings. The Hall–Kier alpha value is -1.74. The normalized spacial score (nSPS) is 18.5. The number of nitrogen functional groups attached to an aromatic ring is 1. The molecule has 156 valence electrons. The van der Waals surface area contributed by atoms with Crippen molar-refractivity contribution in [1.29, 1.82) is 0 Å². The molecule has 1 aliphatic carbocycles. The van der Waals surface area contributed by atoms with E-state index in [-0.39, 0.29) is 30.0 Å². The summed E-state index contributed by atoms with van der Waals surface area (Å²) in [5.74, 6) is 2.04. The van der Waals surface area contributed by atoms with Gasteiger partial charge in [-0.25, -0.2) is 4.79 Å². The van der Waals surface area contributed by atoms with Crippen molar-refractivity contribution in [1.82, 2.24) is 14.5 Å². The number of aromatic amines is 1. The van der Waals surface area contributed by atoms with Crippen LogP contribution in [-0.4, -0.2) is 57.5 Å². The van der Waals surface area contributed by atoms with E-state index in [1.807, 2.05) is 18.7 Å². The Morgan fingerprint density at radius 1 is 1.25 bits per heavy atom. The standard InChI is InChI=1S/C19H31N5O3S/c1-2-3-8-23-17(20)16(18(26)21-19(23)27)24(14-6-4-5-7-14)15(25)13-22-9-11-28-12-10-22/h14H,2-13,20H2,1H3,(H,21,26,27). The van der Waals surface area contributed by atoms with Crippen molar-refractivity contribution in [3.05, 3.63) is 20.8 Å². The molecule has 0 spiro atoms. The first-order valence-electron chi connectivity index (χ1n) is 10.3. The number of unbranched alkanes of at least 4 members (excludes halogenated alkanes) is 1. The summed E-state index contributed by atoms with van der Waals surface area (Å²) in [6.07, 6.45) is 5.45. The van der Waals surface area contributed by atoms with Gasteiger partial charge in [0.05, 0.1) is 6.54 Å². The number of rotatable bonds is 7. The first kappa shape index (κ1) is 21.0. The summed E-state index contributed by atoms with van der Waals surface area (Å²) in [6, 6.07) is -0.0350. The van der Waals surface area contributed by atoms with Gasteiger partial charge >= 0.3 is 5.69 Å². The van der Waals surface area contributed by atoms with Crippen molar-refractivity contribution < 1.29 is 4.79 Å². The Labute approximate surface area is 169 Å². The Bertz CT molecular complexity index is 794. The van der Waals surface area contributed by atoms with Gasteiger partial charge in [0.25, 0.3) is 5.56 Å². The molecule has 1 aromatic rings. The van der Waals surface area contributed by atoms with Crippen molar-refractivity contribution >= 4 is 29.2 Å². The lowest BCUT2D eigenvalue weighted by molar-refractivity contribution is -0.120. The lowest BCUT2D eigenvalue weighted by Gasteiger charge is -2.33. The number of anilines is 2. The van der Waals surface area contributed by atoms with Crippen molar-refractivity contribution in [3.8, 4) is 0 Å². The quantitative estimate of drug-likeness (QED) is 0.702. The average Bonchev–Trinajstić information content (AvgIpc) is 3.19. The summed E-state index contributed by atoms with van der Waals surface area (Å²) in [5.41, 5.74) is 5.38. The lowest BCUT2D eigenvalue weighted by Crippen LogP contribution is -2.50.